The van der Waals surface area contributed by atoms with Gasteiger partial charge in [0.2, 0.25) is 10.0 Å². The highest BCUT2D eigenvalue weighted by Gasteiger charge is 2.36. The summed E-state index contributed by atoms with van der Waals surface area (Å²) in [6, 6.07) is 11.7. The van der Waals surface area contributed by atoms with Gasteiger partial charge in [-0.05, 0) is 31.5 Å². The van der Waals surface area contributed by atoms with Gasteiger partial charge in [0.25, 0.3) is 5.91 Å². The second kappa shape index (κ2) is 7.25. The number of sulfonamides is 1. The van der Waals surface area contributed by atoms with E-state index in [-0.39, 0.29) is 16.2 Å². The van der Waals surface area contributed by atoms with Crippen molar-refractivity contribution in [1.82, 2.24) is 14.6 Å². The molecule has 6 nitrogen and oxygen atoms in total. The maximum Gasteiger partial charge on any atom is 0.267 e. The molecule has 0 unspecified atom stereocenters. The van der Waals surface area contributed by atoms with Gasteiger partial charge in [0.1, 0.15) is 10.6 Å². The zero-order chi connectivity index (χ0) is 18.8. The lowest BCUT2D eigenvalue weighted by atomic mass is 9.79. The first-order valence-electron chi connectivity index (χ1n) is 8.82. The zero-order valence-electron chi connectivity index (χ0n) is 15.2. The van der Waals surface area contributed by atoms with E-state index in [9.17, 15) is 13.2 Å². The average Bonchev–Trinajstić information content (AvgIpc) is 3.28. The predicted octanol–water partition coefficient (Wildman–Crippen LogP) is 2.17. The van der Waals surface area contributed by atoms with Crippen LogP contribution in [0.4, 0.5) is 0 Å². The summed E-state index contributed by atoms with van der Waals surface area (Å²) in [5.41, 5.74) is 1.55. The Bertz CT molecular complexity index is 882. The fourth-order valence-electron chi connectivity index (χ4n) is 3.78. The molecule has 1 saturated carbocycles. The number of aromatic nitrogens is 1. The van der Waals surface area contributed by atoms with Crippen molar-refractivity contribution >= 4 is 15.9 Å². The molecule has 2 aromatic rings. The van der Waals surface area contributed by atoms with Crippen LogP contribution in [-0.4, -0.2) is 32.5 Å². The SMILES string of the molecule is CNS(=O)(=O)c1cc(C(=O)NCC2(c3ccccc3)CCCC2)n(C)c1. The molecule has 1 aliphatic rings. The van der Waals surface area contributed by atoms with E-state index in [2.05, 4.69) is 22.2 Å². The minimum absolute atomic E-state index is 0.0397. The van der Waals surface area contributed by atoms with Crippen molar-refractivity contribution in [3.8, 4) is 0 Å². The topological polar surface area (TPSA) is 80.2 Å². The van der Waals surface area contributed by atoms with Gasteiger partial charge < -0.3 is 9.88 Å². The van der Waals surface area contributed by atoms with Crippen molar-refractivity contribution in [3.63, 3.8) is 0 Å². The highest BCUT2D eigenvalue weighted by molar-refractivity contribution is 7.89. The molecule has 0 radical (unpaired) electrons. The molecular formula is C19H25N3O3S. The van der Waals surface area contributed by atoms with E-state index < -0.39 is 10.0 Å². The molecule has 0 spiro atoms. The lowest BCUT2D eigenvalue weighted by molar-refractivity contribution is 0.0935. The van der Waals surface area contributed by atoms with Gasteiger partial charge in [0.15, 0.2) is 0 Å². The van der Waals surface area contributed by atoms with Crippen molar-refractivity contribution in [1.29, 1.82) is 0 Å². The van der Waals surface area contributed by atoms with Crippen LogP contribution in [0.25, 0.3) is 0 Å². The van der Waals surface area contributed by atoms with Crippen LogP contribution in [0.3, 0.4) is 0 Å². The van der Waals surface area contributed by atoms with Crippen molar-refractivity contribution < 1.29 is 13.2 Å². The third kappa shape index (κ3) is 3.54. The fraction of sp³-hybridized carbons (Fsp3) is 0.421. The van der Waals surface area contributed by atoms with E-state index in [1.54, 1.807) is 11.6 Å². The largest absolute Gasteiger partial charge is 0.350 e. The maximum atomic E-state index is 12.7. The van der Waals surface area contributed by atoms with E-state index in [0.29, 0.717) is 12.2 Å². The quantitative estimate of drug-likeness (QED) is 0.812. The molecule has 7 heteroatoms. The number of hydrogen-bond acceptors (Lipinski definition) is 3. The number of nitrogens with zero attached hydrogens (tertiary/aromatic N) is 1. The summed E-state index contributed by atoms with van der Waals surface area (Å²) in [5.74, 6) is -0.257. The summed E-state index contributed by atoms with van der Waals surface area (Å²) in [6.45, 7) is 0.551. The number of hydrogen-bond donors (Lipinski definition) is 2. The first-order valence-corrected chi connectivity index (χ1v) is 10.3. The van der Waals surface area contributed by atoms with Crippen molar-refractivity contribution in [2.45, 2.75) is 36.0 Å². The van der Waals surface area contributed by atoms with Crippen LogP contribution in [0.5, 0.6) is 0 Å². The first kappa shape index (κ1) is 18.7. The van der Waals surface area contributed by atoms with E-state index in [1.807, 2.05) is 18.2 Å². The van der Waals surface area contributed by atoms with E-state index in [1.165, 1.54) is 24.9 Å². The second-order valence-corrected chi connectivity index (χ2v) is 8.80. The lowest BCUT2D eigenvalue weighted by Crippen LogP contribution is -2.39. The molecule has 1 fully saturated rings. The summed E-state index contributed by atoms with van der Waals surface area (Å²) in [5, 5.41) is 3.03. The van der Waals surface area contributed by atoms with Crippen molar-refractivity contribution in [3.05, 3.63) is 53.9 Å². The molecule has 140 valence electrons. The molecule has 1 amide bonds. The lowest BCUT2D eigenvalue weighted by Gasteiger charge is -2.30. The molecular weight excluding hydrogens is 350 g/mol. The number of nitrogens with one attached hydrogen (secondary N) is 2. The Kier molecular flexibility index (Phi) is 5.20. The summed E-state index contributed by atoms with van der Waals surface area (Å²) in [7, 11) is -0.544. The number of aryl methyl sites for hydroxylation is 1. The molecule has 1 heterocycles. The third-order valence-corrected chi connectivity index (χ3v) is 6.71. The van der Waals surface area contributed by atoms with Gasteiger partial charge in [-0.1, -0.05) is 43.2 Å². The van der Waals surface area contributed by atoms with Crippen molar-refractivity contribution in [2.75, 3.05) is 13.6 Å². The van der Waals surface area contributed by atoms with Gasteiger partial charge in [-0.25, -0.2) is 13.1 Å². The predicted molar refractivity (Wildman–Crippen MR) is 101 cm³/mol. The van der Waals surface area contributed by atoms with Crippen LogP contribution < -0.4 is 10.0 Å². The zero-order valence-corrected chi connectivity index (χ0v) is 16.0. The minimum atomic E-state index is -3.57. The number of carbonyl (C=O) groups excluding carboxylic acids is 1. The highest BCUT2D eigenvalue weighted by atomic mass is 32.2. The summed E-state index contributed by atoms with van der Waals surface area (Å²) < 4.78 is 27.7. The van der Waals surface area contributed by atoms with Crippen LogP contribution in [0.1, 0.15) is 41.7 Å². The van der Waals surface area contributed by atoms with Gasteiger partial charge in [0, 0.05) is 25.2 Å². The Morgan fingerprint density at radius 3 is 2.46 bits per heavy atom. The highest BCUT2D eigenvalue weighted by Crippen LogP contribution is 2.40. The smallest absolute Gasteiger partial charge is 0.267 e. The number of rotatable bonds is 6. The average molecular weight is 375 g/mol. The second-order valence-electron chi connectivity index (χ2n) is 6.92. The summed E-state index contributed by atoms with van der Waals surface area (Å²) >= 11 is 0. The van der Waals surface area contributed by atoms with Crippen LogP contribution in [0.15, 0.2) is 47.5 Å². The maximum absolute atomic E-state index is 12.7. The van der Waals surface area contributed by atoms with Gasteiger partial charge in [-0.3, -0.25) is 4.79 Å². The van der Waals surface area contributed by atoms with Crippen LogP contribution in [0, 0.1) is 0 Å². The number of amides is 1. The van der Waals surface area contributed by atoms with E-state index in [0.717, 1.165) is 25.7 Å². The Labute approximate surface area is 154 Å². The molecule has 1 aromatic carbocycles. The summed E-state index contributed by atoms with van der Waals surface area (Å²) in [4.78, 5) is 12.8. The van der Waals surface area contributed by atoms with Gasteiger partial charge in [-0.2, -0.15) is 0 Å². The third-order valence-electron chi connectivity index (χ3n) is 5.33. The van der Waals surface area contributed by atoms with Crippen LogP contribution in [0.2, 0.25) is 0 Å². The molecule has 3 rings (SSSR count). The van der Waals surface area contributed by atoms with Crippen molar-refractivity contribution in [2.24, 2.45) is 7.05 Å². The number of carbonyl (C=O) groups is 1. The molecule has 1 aliphatic carbocycles. The van der Waals surface area contributed by atoms with Gasteiger partial charge in [0.05, 0.1) is 0 Å². The normalized spacial score (nSPS) is 16.5. The van der Waals surface area contributed by atoms with Crippen LogP contribution in [-0.2, 0) is 22.5 Å². The molecule has 0 atom stereocenters. The van der Waals surface area contributed by atoms with E-state index >= 15 is 0 Å². The Balaban J connectivity index is 1.78. The van der Waals surface area contributed by atoms with Crippen LogP contribution >= 0.6 is 0 Å². The minimum Gasteiger partial charge on any atom is -0.350 e. The Hall–Kier alpha value is -2.12. The van der Waals surface area contributed by atoms with Gasteiger partial charge >= 0.3 is 0 Å². The molecule has 0 aliphatic heterocycles. The molecule has 26 heavy (non-hydrogen) atoms. The first-order chi connectivity index (χ1) is 12.4. The van der Waals surface area contributed by atoms with Gasteiger partial charge in [-0.15, -0.1) is 0 Å². The Morgan fingerprint density at radius 2 is 1.85 bits per heavy atom. The number of benzene rings is 1. The Morgan fingerprint density at radius 1 is 1.19 bits per heavy atom. The molecule has 0 saturated heterocycles. The monoisotopic (exact) mass is 375 g/mol. The molecule has 1 aromatic heterocycles. The van der Waals surface area contributed by atoms with E-state index in [4.69, 9.17) is 0 Å². The molecule has 2 N–H and O–H groups in total. The molecule has 0 bridgehead atoms. The standard InChI is InChI=1S/C19H25N3O3S/c1-20-26(24,25)16-12-17(22(2)13-16)18(23)21-14-19(10-6-7-11-19)15-8-4-3-5-9-15/h3-5,8-9,12-13,20H,6-7,10-11,14H2,1-2H3,(H,21,23). The summed E-state index contributed by atoms with van der Waals surface area (Å²) in [6.07, 6.45) is 5.84. The fourth-order valence-corrected chi connectivity index (χ4v) is 4.58.